The van der Waals surface area contributed by atoms with Crippen molar-refractivity contribution in [2.45, 2.75) is 40.0 Å². The molecule has 1 rings (SSSR count). The second-order valence-electron chi connectivity index (χ2n) is 3.78. The van der Waals surface area contributed by atoms with Gasteiger partial charge in [-0.25, -0.2) is 4.39 Å². The second kappa shape index (κ2) is 3.91. The number of rotatable bonds is 2. The van der Waals surface area contributed by atoms with E-state index < -0.39 is 0 Å². The van der Waals surface area contributed by atoms with E-state index in [4.69, 9.17) is 0 Å². The van der Waals surface area contributed by atoms with E-state index in [-0.39, 0.29) is 11.7 Å². The van der Waals surface area contributed by atoms with Crippen molar-refractivity contribution in [1.29, 1.82) is 0 Å². The Morgan fingerprint density at radius 1 is 1.31 bits per heavy atom. The molecule has 0 radical (unpaired) electrons. The van der Waals surface area contributed by atoms with Gasteiger partial charge in [-0.15, -0.1) is 0 Å². The monoisotopic (exact) mass is 180 g/mol. The van der Waals surface area contributed by atoms with Gasteiger partial charge in [-0.05, 0) is 36.0 Å². The molecule has 0 bridgehead atoms. The first kappa shape index (κ1) is 10.2. The number of hydrogen-bond acceptors (Lipinski definition) is 0. The molecule has 0 N–H and O–H groups in total. The van der Waals surface area contributed by atoms with Gasteiger partial charge in [-0.1, -0.05) is 32.9 Å². The highest BCUT2D eigenvalue weighted by atomic mass is 19.1. The summed E-state index contributed by atoms with van der Waals surface area (Å²) in [5.74, 6) is 0.254. The molecule has 0 aliphatic carbocycles. The zero-order chi connectivity index (χ0) is 10.0. The van der Waals surface area contributed by atoms with Crippen LogP contribution >= 0.6 is 0 Å². The molecule has 0 unspecified atom stereocenters. The van der Waals surface area contributed by atoms with Crippen molar-refractivity contribution < 1.29 is 4.39 Å². The van der Waals surface area contributed by atoms with Crippen molar-refractivity contribution in [1.82, 2.24) is 0 Å². The Balaban J connectivity index is 3.32. The first-order valence-electron chi connectivity index (χ1n) is 4.85. The van der Waals surface area contributed by atoms with E-state index in [1.54, 1.807) is 0 Å². The van der Waals surface area contributed by atoms with E-state index in [2.05, 4.69) is 6.92 Å². The maximum Gasteiger partial charge on any atom is 0.129 e. The molecular weight excluding hydrogens is 163 g/mol. The first-order chi connectivity index (χ1) is 6.07. The standard InChI is InChI=1S/C12H17F/c1-5-10-7-6-9(4)12(13)11(10)8(2)3/h6-8H,5H2,1-4H3. The average Bonchev–Trinajstić information content (AvgIpc) is 2.08. The molecule has 1 aromatic carbocycles. The van der Waals surface area contributed by atoms with Crippen molar-refractivity contribution in [3.8, 4) is 0 Å². The molecule has 0 saturated heterocycles. The fourth-order valence-corrected chi connectivity index (χ4v) is 1.67. The highest BCUT2D eigenvalue weighted by Gasteiger charge is 2.12. The second-order valence-corrected chi connectivity index (χ2v) is 3.78. The molecule has 0 aliphatic rings. The number of benzene rings is 1. The Labute approximate surface area is 79.8 Å². The van der Waals surface area contributed by atoms with Gasteiger partial charge in [0.05, 0.1) is 0 Å². The number of aryl methyl sites for hydroxylation is 2. The third kappa shape index (κ3) is 1.90. The Hall–Kier alpha value is -0.850. The van der Waals surface area contributed by atoms with Crippen LogP contribution in [0.4, 0.5) is 4.39 Å². The molecule has 0 saturated carbocycles. The highest BCUT2D eigenvalue weighted by Crippen LogP contribution is 2.25. The minimum Gasteiger partial charge on any atom is -0.206 e. The van der Waals surface area contributed by atoms with Crippen LogP contribution in [0.5, 0.6) is 0 Å². The molecule has 1 aromatic rings. The molecule has 0 atom stereocenters. The Bertz CT molecular complexity index is 300. The Morgan fingerprint density at radius 3 is 2.38 bits per heavy atom. The molecule has 13 heavy (non-hydrogen) atoms. The maximum atomic E-state index is 13.7. The van der Waals surface area contributed by atoms with Gasteiger partial charge < -0.3 is 0 Å². The van der Waals surface area contributed by atoms with E-state index in [0.717, 1.165) is 23.1 Å². The minimum atomic E-state index is -0.0191. The van der Waals surface area contributed by atoms with Crippen LogP contribution in [0.15, 0.2) is 12.1 Å². The van der Waals surface area contributed by atoms with Gasteiger partial charge in [0.25, 0.3) is 0 Å². The van der Waals surface area contributed by atoms with Crippen molar-refractivity contribution in [2.24, 2.45) is 0 Å². The molecule has 0 nitrogen and oxygen atoms in total. The van der Waals surface area contributed by atoms with Crippen LogP contribution < -0.4 is 0 Å². The van der Waals surface area contributed by atoms with Gasteiger partial charge >= 0.3 is 0 Å². The van der Waals surface area contributed by atoms with Gasteiger partial charge in [0.2, 0.25) is 0 Å². The summed E-state index contributed by atoms with van der Waals surface area (Å²) in [4.78, 5) is 0. The SMILES string of the molecule is CCc1ccc(C)c(F)c1C(C)C. The van der Waals surface area contributed by atoms with Crippen molar-refractivity contribution >= 4 is 0 Å². The van der Waals surface area contributed by atoms with Crippen LogP contribution in [0.25, 0.3) is 0 Å². The zero-order valence-corrected chi connectivity index (χ0v) is 8.82. The van der Waals surface area contributed by atoms with E-state index in [1.165, 1.54) is 0 Å². The summed E-state index contributed by atoms with van der Waals surface area (Å²) in [6.45, 7) is 7.96. The normalized spacial score (nSPS) is 10.9. The maximum absolute atomic E-state index is 13.7. The summed E-state index contributed by atoms with van der Waals surface area (Å²) in [5, 5.41) is 0. The summed E-state index contributed by atoms with van der Waals surface area (Å²) in [5.41, 5.74) is 2.78. The molecule has 0 amide bonds. The lowest BCUT2D eigenvalue weighted by Gasteiger charge is -2.14. The molecule has 0 aromatic heterocycles. The number of halogens is 1. The quantitative estimate of drug-likeness (QED) is 0.649. The predicted octanol–water partition coefficient (Wildman–Crippen LogP) is 3.82. The molecule has 0 heterocycles. The smallest absolute Gasteiger partial charge is 0.129 e. The molecule has 1 heteroatoms. The minimum absolute atomic E-state index is 0.0191. The molecule has 0 aliphatic heterocycles. The number of hydrogen-bond donors (Lipinski definition) is 0. The lowest BCUT2D eigenvalue weighted by Crippen LogP contribution is -2.01. The van der Waals surface area contributed by atoms with Gasteiger partial charge in [-0.3, -0.25) is 0 Å². The summed E-state index contributed by atoms with van der Waals surface area (Å²) >= 11 is 0. The highest BCUT2D eigenvalue weighted by molar-refractivity contribution is 5.35. The Morgan fingerprint density at radius 2 is 1.92 bits per heavy atom. The Kier molecular flexibility index (Phi) is 3.07. The predicted molar refractivity (Wildman–Crippen MR) is 54.6 cm³/mol. The third-order valence-corrected chi connectivity index (χ3v) is 2.42. The fourth-order valence-electron chi connectivity index (χ4n) is 1.67. The summed E-state index contributed by atoms with van der Waals surface area (Å²) in [6.07, 6.45) is 0.907. The van der Waals surface area contributed by atoms with Gasteiger partial charge in [0.15, 0.2) is 0 Å². The average molecular weight is 180 g/mol. The third-order valence-electron chi connectivity index (χ3n) is 2.42. The van der Waals surface area contributed by atoms with Crippen LogP contribution in [0.2, 0.25) is 0 Å². The van der Waals surface area contributed by atoms with E-state index in [9.17, 15) is 4.39 Å². The molecule has 0 fully saturated rings. The van der Waals surface area contributed by atoms with Gasteiger partial charge in [0.1, 0.15) is 5.82 Å². The van der Waals surface area contributed by atoms with E-state index in [1.807, 2.05) is 32.9 Å². The van der Waals surface area contributed by atoms with Crippen molar-refractivity contribution in [3.63, 3.8) is 0 Å². The fraction of sp³-hybridized carbons (Fsp3) is 0.500. The van der Waals surface area contributed by atoms with Crippen LogP contribution in [0.3, 0.4) is 0 Å². The van der Waals surface area contributed by atoms with Crippen LogP contribution in [-0.4, -0.2) is 0 Å². The van der Waals surface area contributed by atoms with Crippen LogP contribution in [0, 0.1) is 12.7 Å². The van der Waals surface area contributed by atoms with E-state index in [0.29, 0.717) is 0 Å². The zero-order valence-electron chi connectivity index (χ0n) is 8.82. The molecule has 0 spiro atoms. The van der Waals surface area contributed by atoms with Crippen LogP contribution in [-0.2, 0) is 6.42 Å². The first-order valence-corrected chi connectivity index (χ1v) is 4.85. The largest absolute Gasteiger partial charge is 0.206 e. The van der Waals surface area contributed by atoms with Crippen molar-refractivity contribution in [3.05, 3.63) is 34.6 Å². The van der Waals surface area contributed by atoms with E-state index >= 15 is 0 Å². The lowest BCUT2D eigenvalue weighted by atomic mass is 9.93. The van der Waals surface area contributed by atoms with Crippen LogP contribution in [0.1, 0.15) is 43.4 Å². The summed E-state index contributed by atoms with van der Waals surface area (Å²) in [7, 11) is 0. The lowest BCUT2D eigenvalue weighted by molar-refractivity contribution is 0.585. The molecule has 72 valence electrons. The van der Waals surface area contributed by atoms with Gasteiger partial charge in [0, 0.05) is 0 Å². The van der Waals surface area contributed by atoms with Gasteiger partial charge in [-0.2, -0.15) is 0 Å². The summed E-state index contributed by atoms with van der Waals surface area (Å²) < 4.78 is 13.7. The van der Waals surface area contributed by atoms with Crippen molar-refractivity contribution in [2.75, 3.05) is 0 Å². The summed E-state index contributed by atoms with van der Waals surface area (Å²) in [6, 6.07) is 3.90. The molecular formula is C12H17F. The topological polar surface area (TPSA) is 0 Å².